The molecule has 7 nitrogen and oxygen atoms in total. The molecule has 1 saturated heterocycles. The van der Waals surface area contributed by atoms with Crippen LogP contribution in [0.15, 0.2) is 30.5 Å². The second-order valence-electron chi connectivity index (χ2n) is 8.17. The molecule has 0 bridgehead atoms. The minimum atomic E-state index is -0.396. The second kappa shape index (κ2) is 7.50. The molecule has 1 amide bonds. The first-order valence-corrected chi connectivity index (χ1v) is 9.33. The number of hydrogen-bond donors (Lipinski definition) is 1. The summed E-state index contributed by atoms with van der Waals surface area (Å²) >= 11 is 0. The van der Waals surface area contributed by atoms with Gasteiger partial charge in [-0.1, -0.05) is 20.8 Å². The number of anilines is 1. The van der Waals surface area contributed by atoms with Gasteiger partial charge < -0.3 is 10.2 Å². The van der Waals surface area contributed by atoms with E-state index in [2.05, 4.69) is 15.2 Å². The maximum absolute atomic E-state index is 12.1. The van der Waals surface area contributed by atoms with Crippen molar-refractivity contribution in [1.29, 1.82) is 0 Å². The third-order valence-electron chi connectivity index (χ3n) is 5.01. The number of non-ortho nitro benzene ring substituents is 1. The van der Waals surface area contributed by atoms with Gasteiger partial charge in [-0.3, -0.25) is 19.9 Å². The van der Waals surface area contributed by atoms with Crippen LogP contribution in [0, 0.1) is 21.4 Å². The molecule has 27 heavy (non-hydrogen) atoms. The van der Waals surface area contributed by atoms with E-state index in [1.54, 1.807) is 30.5 Å². The van der Waals surface area contributed by atoms with Crippen LogP contribution in [0.25, 0.3) is 10.9 Å². The normalized spacial score (nSPS) is 17.7. The van der Waals surface area contributed by atoms with E-state index in [0.29, 0.717) is 23.4 Å². The molecule has 0 spiro atoms. The molecule has 1 aromatic carbocycles. The molecule has 3 rings (SSSR count). The number of nitrogens with zero attached hydrogens (tertiary/aromatic N) is 3. The predicted octanol–water partition coefficient (Wildman–Crippen LogP) is 3.52. The van der Waals surface area contributed by atoms with Crippen LogP contribution in [0.1, 0.15) is 33.6 Å². The molecule has 1 aliphatic heterocycles. The topological polar surface area (TPSA) is 88.4 Å². The molecule has 0 radical (unpaired) electrons. The van der Waals surface area contributed by atoms with E-state index >= 15 is 0 Å². The van der Waals surface area contributed by atoms with Crippen LogP contribution in [-0.4, -0.2) is 35.4 Å². The zero-order valence-electron chi connectivity index (χ0n) is 16.1. The van der Waals surface area contributed by atoms with Gasteiger partial charge in [-0.2, -0.15) is 0 Å². The summed E-state index contributed by atoms with van der Waals surface area (Å²) in [5.41, 5.74) is 1.26. The highest BCUT2D eigenvalue weighted by atomic mass is 16.6. The van der Waals surface area contributed by atoms with E-state index in [1.165, 1.54) is 0 Å². The molecule has 1 unspecified atom stereocenters. The number of hydrogen-bond acceptors (Lipinski definition) is 5. The number of fused-ring (bicyclic) bond motifs is 1. The Morgan fingerprint density at radius 3 is 2.85 bits per heavy atom. The van der Waals surface area contributed by atoms with E-state index in [1.807, 2.05) is 20.8 Å². The van der Waals surface area contributed by atoms with Crippen molar-refractivity contribution in [2.45, 2.75) is 33.6 Å². The third kappa shape index (κ3) is 4.18. The average molecular weight is 370 g/mol. The van der Waals surface area contributed by atoms with Crippen molar-refractivity contribution in [1.82, 2.24) is 10.3 Å². The third-order valence-corrected chi connectivity index (χ3v) is 5.01. The lowest BCUT2D eigenvalue weighted by molar-refractivity contribution is -0.383. The number of nitro groups is 1. The molecule has 1 aliphatic rings. The molecule has 1 N–H and O–H groups in total. The summed E-state index contributed by atoms with van der Waals surface area (Å²) in [6, 6.07) is 6.82. The predicted molar refractivity (Wildman–Crippen MR) is 106 cm³/mol. The summed E-state index contributed by atoms with van der Waals surface area (Å²) in [6.45, 7) is 8.05. The summed E-state index contributed by atoms with van der Waals surface area (Å²) in [5.74, 6) is 0.404. The molecule has 1 aromatic heterocycles. The van der Waals surface area contributed by atoms with Crippen molar-refractivity contribution in [3.8, 4) is 0 Å². The quantitative estimate of drug-likeness (QED) is 0.657. The lowest BCUT2D eigenvalue weighted by atomic mass is 9.93. The number of piperidine rings is 1. The highest BCUT2D eigenvalue weighted by molar-refractivity contribution is 5.97. The number of benzene rings is 1. The molecule has 1 fully saturated rings. The standard InChI is InChI=1S/C20H26N4O3/c1-20(2,3)19(25)22-12-14-6-5-11-23(13-14)17-9-8-16(24(26)27)15-7-4-10-21-18(15)17/h4,7-10,14H,5-6,11-13H2,1-3H3,(H,22,25). The lowest BCUT2D eigenvalue weighted by Crippen LogP contribution is -2.43. The summed E-state index contributed by atoms with van der Waals surface area (Å²) in [7, 11) is 0. The molecule has 2 aromatic rings. The maximum atomic E-state index is 12.1. The van der Waals surface area contributed by atoms with Crippen molar-refractivity contribution in [2.75, 3.05) is 24.5 Å². The van der Waals surface area contributed by atoms with E-state index in [9.17, 15) is 14.9 Å². The molecule has 144 valence electrons. The summed E-state index contributed by atoms with van der Waals surface area (Å²) in [5, 5.41) is 14.9. The van der Waals surface area contributed by atoms with Crippen LogP contribution in [0.5, 0.6) is 0 Å². The maximum Gasteiger partial charge on any atom is 0.278 e. The fraction of sp³-hybridized carbons (Fsp3) is 0.500. The molecule has 0 saturated carbocycles. The molecule has 2 heterocycles. The van der Waals surface area contributed by atoms with Gasteiger partial charge in [-0.15, -0.1) is 0 Å². The number of rotatable bonds is 4. The van der Waals surface area contributed by atoms with Crippen LogP contribution in [0.2, 0.25) is 0 Å². The Balaban J connectivity index is 1.80. The number of amides is 1. The fourth-order valence-corrected chi connectivity index (χ4v) is 3.51. The number of nitrogens with one attached hydrogen (secondary N) is 1. The Morgan fingerprint density at radius 2 is 2.15 bits per heavy atom. The van der Waals surface area contributed by atoms with Crippen LogP contribution in [0.3, 0.4) is 0 Å². The van der Waals surface area contributed by atoms with Crippen molar-refractivity contribution < 1.29 is 9.72 Å². The van der Waals surface area contributed by atoms with E-state index in [-0.39, 0.29) is 16.5 Å². The monoisotopic (exact) mass is 370 g/mol. The first-order chi connectivity index (χ1) is 12.8. The van der Waals surface area contributed by atoms with Crippen molar-refractivity contribution in [3.05, 3.63) is 40.6 Å². The average Bonchev–Trinajstić information content (AvgIpc) is 2.64. The lowest BCUT2D eigenvalue weighted by Gasteiger charge is -2.35. The van der Waals surface area contributed by atoms with Gasteiger partial charge in [0.05, 0.1) is 16.0 Å². The highest BCUT2D eigenvalue weighted by Gasteiger charge is 2.26. The summed E-state index contributed by atoms with van der Waals surface area (Å²) in [6.07, 6.45) is 3.74. The molecule has 1 atom stereocenters. The molecule has 7 heteroatoms. The Labute approximate surface area is 158 Å². The van der Waals surface area contributed by atoms with Gasteiger partial charge in [-0.05, 0) is 37.0 Å². The van der Waals surface area contributed by atoms with Crippen LogP contribution in [-0.2, 0) is 4.79 Å². The number of nitro benzene ring substituents is 1. The minimum Gasteiger partial charge on any atom is -0.369 e. The van der Waals surface area contributed by atoms with Gasteiger partial charge in [0.2, 0.25) is 5.91 Å². The van der Waals surface area contributed by atoms with Crippen LogP contribution >= 0.6 is 0 Å². The number of aromatic nitrogens is 1. The van der Waals surface area contributed by atoms with Gasteiger partial charge >= 0.3 is 0 Å². The molecular formula is C20H26N4O3. The largest absolute Gasteiger partial charge is 0.369 e. The number of carbonyl (C=O) groups is 1. The first kappa shape index (κ1) is 19.1. The van der Waals surface area contributed by atoms with Crippen LogP contribution < -0.4 is 10.2 Å². The van der Waals surface area contributed by atoms with Gasteiger partial charge in [0.15, 0.2) is 0 Å². The summed E-state index contributed by atoms with van der Waals surface area (Å²) in [4.78, 5) is 29.7. The van der Waals surface area contributed by atoms with Gasteiger partial charge in [0, 0.05) is 37.3 Å². The Kier molecular flexibility index (Phi) is 5.30. The SMILES string of the molecule is CC(C)(C)C(=O)NCC1CCCN(c2ccc([N+](=O)[O-])c3cccnc23)C1. The first-order valence-electron chi connectivity index (χ1n) is 9.33. The number of carbonyl (C=O) groups excluding carboxylic acids is 1. The van der Waals surface area contributed by atoms with Gasteiger partial charge in [0.1, 0.15) is 5.52 Å². The summed E-state index contributed by atoms with van der Waals surface area (Å²) < 4.78 is 0. The van der Waals surface area contributed by atoms with Gasteiger partial charge in [-0.25, -0.2) is 0 Å². The zero-order valence-corrected chi connectivity index (χ0v) is 16.1. The van der Waals surface area contributed by atoms with Crippen molar-refractivity contribution in [2.24, 2.45) is 11.3 Å². The van der Waals surface area contributed by atoms with Crippen molar-refractivity contribution >= 4 is 28.2 Å². The molecular weight excluding hydrogens is 344 g/mol. The highest BCUT2D eigenvalue weighted by Crippen LogP contribution is 2.34. The van der Waals surface area contributed by atoms with Crippen LogP contribution in [0.4, 0.5) is 11.4 Å². The molecule has 0 aliphatic carbocycles. The zero-order chi connectivity index (χ0) is 19.6. The van der Waals surface area contributed by atoms with Gasteiger partial charge in [0.25, 0.3) is 5.69 Å². The van der Waals surface area contributed by atoms with Crippen molar-refractivity contribution in [3.63, 3.8) is 0 Å². The Morgan fingerprint density at radius 1 is 1.37 bits per heavy atom. The second-order valence-corrected chi connectivity index (χ2v) is 8.17. The Hall–Kier alpha value is -2.70. The minimum absolute atomic E-state index is 0.0575. The smallest absolute Gasteiger partial charge is 0.278 e. The Bertz CT molecular complexity index is 860. The number of pyridine rings is 1. The van der Waals surface area contributed by atoms with E-state index in [4.69, 9.17) is 0 Å². The van der Waals surface area contributed by atoms with E-state index < -0.39 is 5.41 Å². The fourth-order valence-electron chi connectivity index (χ4n) is 3.51. The van der Waals surface area contributed by atoms with E-state index in [0.717, 1.165) is 31.6 Å².